The number of phenolic OH excluding ortho intramolecular Hbond substituents is 1. The Kier molecular flexibility index (Phi) is 5.41. The number of hydrogen-bond acceptors (Lipinski definition) is 4. The number of hydrogen-bond donors (Lipinski definition) is 1. The van der Waals surface area contributed by atoms with E-state index in [9.17, 15) is 5.11 Å². The van der Waals surface area contributed by atoms with Gasteiger partial charge in [0.15, 0.2) is 11.5 Å². The number of aromatic nitrogens is 1. The van der Waals surface area contributed by atoms with Crippen molar-refractivity contribution in [3.05, 3.63) is 97.1 Å². The Hall–Kier alpha value is -4.31. The summed E-state index contributed by atoms with van der Waals surface area (Å²) in [5.41, 5.74) is 5.60. The second kappa shape index (κ2) is 8.67. The Bertz CT molecular complexity index is 1420. The normalized spacial score (nSPS) is 10.8. The minimum Gasteiger partial charge on any atom is -0.502 e. The van der Waals surface area contributed by atoms with E-state index in [2.05, 4.69) is 36.4 Å². The molecule has 4 heteroatoms. The number of phenols is 1. The molecule has 1 N–H and O–H groups in total. The number of rotatable bonds is 5. The highest BCUT2D eigenvalue weighted by Gasteiger charge is 2.15. The topological polar surface area (TPSA) is 51.6 Å². The van der Waals surface area contributed by atoms with Gasteiger partial charge in [-0.25, -0.2) is 4.98 Å². The lowest BCUT2D eigenvalue weighted by Crippen LogP contribution is -1.93. The molecular formula is C29H23NO3. The highest BCUT2D eigenvalue weighted by molar-refractivity contribution is 5.88. The predicted octanol–water partition coefficient (Wildman–Crippen LogP) is 6.96. The van der Waals surface area contributed by atoms with Crippen molar-refractivity contribution < 1.29 is 14.6 Å². The van der Waals surface area contributed by atoms with Gasteiger partial charge in [0.2, 0.25) is 5.75 Å². The van der Waals surface area contributed by atoms with Crippen molar-refractivity contribution >= 4 is 10.8 Å². The maximum Gasteiger partial charge on any atom is 0.200 e. The fourth-order valence-electron chi connectivity index (χ4n) is 4.01. The molecule has 1 heterocycles. The number of nitrogens with zero attached hydrogens (tertiary/aromatic N) is 1. The first-order valence-corrected chi connectivity index (χ1v) is 10.7. The third-order valence-corrected chi connectivity index (χ3v) is 5.75. The zero-order valence-electron chi connectivity index (χ0n) is 18.4. The molecule has 0 saturated carbocycles. The van der Waals surface area contributed by atoms with Crippen LogP contribution in [0.1, 0.15) is 0 Å². The maximum absolute atomic E-state index is 10.4. The molecule has 4 aromatic carbocycles. The van der Waals surface area contributed by atoms with Crippen LogP contribution in [0.2, 0.25) is 0 Å². The molecule has 0 radical (unpaired) electrons. The Morgan fingerprint density at radius 1 is 0.545 bits per heavy atom. The molecule has 0 fully saturated rings. The van der Waals surface area contributed by atoms with Crippen molar-refractivity contribution in [3.63, 3.8) is 0 Å². The number of benzene rings is 4. The van der Waals surface area contributed by atoms with Gasteiger partial charge in [0.25, 0.3) is 0 Å². The number of pyridine rings is 1. The van der Waals surface area contributed by atoms with Crippen LogP contribution in [0.15, 0.2) is 97.1 Å². The van der Waals surface area contributed by atoms with E-state index in [1.807, 2.05) is 60.7 Å². The molecule has 0 aliphatic rings. The first-order chi connectivity index (χ1) is 16.2. The number of ether oxygens (including phenoxy) is 2. The average Bonchev–Trinajstić information content (AvgIpc) is 2.88. The monoisotopic (exact) mass is 433 g/mol. The molecule has 0 amide bonds. The Morgan fingerprint density at radius 3 is 1.79 bits per heavy atom. The largest absolute Gasteiger partial charge is 0.502 e. The minimum atomic E-state index is -0.0177. The summed E-state index contributed by atoms with van der Waals surface area (Å²) in [4.78, 5) is 5.00. The van der Waals surface area contributed by atoms with Gasteiger partial charge in [0.05, 0.1) is 25.6 Å². The van der Waals surface area contributed by atoms with Crippen LogP contribution in [0.4, 0.5) is 0 Å². The molecule has 33 heavy (non-hydrogen) atoms. The SMILES string of the molecule is COc1cc(-c2cc(-c3ccccc3)nc(-c3ccc4ccccc4c3)c2)cc(OC)c1O. The molecule has 5 aromatic rings. The molecular weight excluding hydrogens is 410 g/mol. The van der Waals surface area contributed by atoms with Gasteiger partial charge in [-0.2, -0.15) is 0 Å². The second-order valence-corrected chi connectivity index (χ2v) is 7.78. The summed E-state index contributed by atoms with van der Waals surface area (Å²) >= 11 is 0. The van der Waals surface area contributed by atoms with Crippen LogP contribution in [-0.2, 0) is 0 Å². The smallest absolute Gasteiger partial charge is 0.200 e. The molecule has 0 aliphatic carbocycles. The van der Waals surface area contributed by atoms with Crippen molar-refractivity contribution in [2.24, 2.45) is 0 Å². The molecule has 5 rings (SSSR count). The average molecular weight is 434 g/mol. The highest BCUT2D eigenvalue weighted by atomic mass is 16.5. The molecule has 4 nitrogen and oxygen atoms in total. The van der Waals surface area contributed by atoms with Crippen LogP contribution in [-0.4, -0.2) is 24.3 Å². The molecule has 0 unspecified atom stereocenters. The lowest BCUT2D eigenvalue weighted by Gasteiger charge is -2.14. The van der Waals surface area contributed by atoms with E-state index >= 15 is 0 Å². The summed E-state index contributed by atoms with van der Waals surface area (Å²) in [6, 6.07) is 32.5. The van der Waals surface area contributed by atoms with Crippen LogP contribution >= 0.6 is 0 Å². The van der Waals surface area contributed by atoms with E-state index in [-0.39, 0.29) is 5.75 Å². The van der Waals surface area contributed by atoms with E-state index in [1.165, 1.54) is 19.6 Å². The predicted molar refractivity (Wildman–Crippen MR) is 133 cm³/mol. The van der Waals surface area contributed by atoms with Crippen LogP contribution in [0, 0.1) is 0 Å². The standard InChI is InChI=1S/C29H23NO3/c1-32-27-17-24(18-28(33-2)29(27)31)23-15-25(20-9-4-3-5-10-20)30-26(16-23)22-13-12-19-8-6-7-11-21(19)14-22/h3-18,31H,1-2H3. The third kappa shape index (κ3) is 3.99. The van der Waals surface area contributed by atoms with Gasteiger partial charge in [0.1, 0.15) is 0 Å². The van der Waals surface area contributed by atoms with Gasteiger partial charge in [-0.3, -0.25) is 0 Å². The summed E-state index contributed by atoms with van der Waals surface area (Å²) in [7, 11) is 3.06. The molecule has 0 bridgehead atoms. The number of aromatic hydroxyl groups is 1. The summed E-state index contributed by atoms with van der Waals surface area (Å²) in [5, 5.41) is 12.7. The quantitative estimate of drug-likeness (QED) is 0.326. The molecule has 162 valence electrons. The van der Waals surface area contributed by atoms with E-state index in [4.69, 9.17) is 14.5 Å². The van der Waals surface area contributed by atoms with E-state index < -0.39 is 0 Å². The lowest BCUT2D eigenvalue weighted by atomic mass is 9.98. The first-order valence-electron chi connectivity index (χ1n) is 10.7. The van der Waals surface area contributed by atoms with Crippen LogP contribution in [0.5, 0.6) is 17.2 Å². The zero-order valence-corrected chi connectivity index (χ0v) is 18.4. The summed E-state index contributed by atoms with van der Waals surface area (Å²) < 4.78 is 10.8. The van der Waals surface area contributed by atoms with Crippen molar-refractivity contribution in [2.45, 2.75) is 0 Å². The van der Waals surface area contributed by atoms with Gasteiger partial charge in [-0.1, -0.05) is 66.7 Å². The van der Waals surface area contributed by atoms with Gasteiger partial charge in [-0.05, 0) is 52.2 Å². The zero-order chi connectivity index (χ0) is 22.8. The van der Waals surface area contributed by atoms with E-state index in [0.717, 1.165) is 39.0 Å². The lowest BCUT2D eigenvalue weighted by molar-refractivity contribution is 0.340. The highest BCUT2D eigenvalue weighted by Crippen LogP contribution is 2.41. The van der Waals surface area contributed by atoms with Crippen LogP contribution in [0.25, 0.3) is 44.4 Å². The summed E-state index contributed by atoms with van der Waals surface area (Å²) in [6.45, 7) is 0. The van der Waals surface area contributed by atoms with Crippen molar-refractivity contribution in [1.29, 1.82) is 0 Å². The number of fused-ring (bicyclic) bond motifs is 1. The van der Waals surface area contributed by atoms with Gasteiger partial charge < -0.3 is 14.6 Å². The van der Waals surface area contributed by atoms with Crippen molar-refractivity contribution in [1.82, 2.24) is 4.98 Å². The van der Waals surface area contributed by atoms with Crippen molar-refractivity contribution in [2.75, 3.05) is 14.2 Å². The van der Waals surface area contributed by atoms with Gasteiger partial charge in [0, 0.05) is 11.1 Å². The third-order valence-electron chi connectivity index (χ3n) is 5.75. The Balaban J connectivity index is 1.73. The summed E-state index contributed by atoms with van der Waals surface area (Å²) in [5.74, 6) is 0.695. The van der Waals surface area contributed by atoms with Crippen LogP contribution in [0.3, 0.4) is 0 Å². The molecule has 0 aliphatic heterocycles. The minimum absolute atomic E-state index is 0.0177. The molecule has 0 saturated heterocycles. The van der Waals surface area contributed by atoms with Gasteiger partial charge >= 0.3 is 0 Å². The molecule has 0 atom stereocenters. The summed E-state index contributed by atoms with van der Waals surface area (Å²) in [6.07, 6.45) is 0. The fraction of sp³-hybridized carbons (Fsp3) is 0.0690. The van der Waals surface area contributed by atoms with Gasteiger partial charge in [-0.15, -0.1) is 0 Å². The van der Waals surface area contributed by atoms with E-state index in [1.54, 1.807) is 0 Å². The van der Waals surface area contributed by atoms with E-state index in [0.29, 0.717) is 11.5 Å². The maximum atomic E-state index is 10.4. The van der Waals surface area contributed by atoms with Crippen LogP contribution < -0.4 is 9.47 Å². The fourth-order valence-corrected chi connectivity index (χ4v) is 4.01. The van der Waals surface area contributed by atoms with Crippen molar-refractivity contribution in [3.8, 4) is 50.9 Å². The second-order valence-electron chi connectivity index (χ2n) is 7.78. The molecule has 0 spiro atoms. The Labute approximate surface area is 192 Å². The molecule has 1 aromatic heterocycles. The first kappa shape index (κ1) is 20.6. The Morgan fingerprint density at radius 2 is 1.12 bits per heavy atom. The number of methoxy groups -OCH3 is 2.